The lowest BCUT2D eigenvalue weighted by Gasteiger charge is -2.06. The molecule has 0 amide bonds. The summed E-state index contributed by atoms with van der Waals surface area (Å²) in [7, 11) is 1.82. The predicted octanol–water partition coefficient (Wildman–Crippen LogP) is 0.864. The van der Waals surface area contributed by atoms with Gasteiger partial charge in [0, 0.05) is 26.1 Å². The summed E-state index contributed by atoms with van der Waals surface area (Å²) in [5.74, 6) is 2.90. The van der Waals surface area contributed by atoms with Crippen LogP contribution in [0, 0.1) is 6.92 Å². The fraction of sp³-hybridized carbons (Fsp3) is 0.400. The number of anilines is 2. The van der Waals surface area contributed by atoms with Gasteiger partial charge in [0.25, 0.3) is 0 Å². The normalized spacial score (nSPS) is 10.2. The molecule has 2 aromatic heterocycles. The van der Waals surface area contributed by atoms with Crippen LogP contribution in [0.15, 0.2) is 16.9 Å². The third kappa shape index (κ3) is 3.13. The van der Waals surface area contributed by atoms with Gasteiger partial charge in [-0.15, -0.1) is 0 Å². The van der Waals surface area contributed by atoms with Gasteiger partial charge in [-0.25, -0.2) is 9.97 Å². The summed E-state index contributed by atoms with van der Waals surface area (Å²) in [4.78, 5) is 12.4. The second kappa shape index (κ2) is 5.24. The quantitative estimate of drug-likeness (QED) is 0.793. The molecule has 2 rings (SSSR count). The average Bonchev–Trinajstić information content (AvgIpc) is 2.81. The first-order valence-electron chi connectivity index (χ1n) is 5.31. The maximum atomic E-state index is 4.89. The number of aromatic nitrogens is 4. The highest BCUT2D eigenvalue weighted by Crippen LogP contribution is 2.10. The van der Waals surface area contributed by atoms with Crippen molar-refractivity contribution in [2.24, 2.45) is 0 Å². The zero-order valence-corrected chi connectivity index (χ0v) is 9.77. The van der Waals surface area contributed by atoms with Gasteiger partial charge >= 0.3 is 0 Å². The molecule has 17 heavy (non-hydrogen) atoms. The van der Waals surface area contributed by atoms with Gasteiger partial charge in [-0.2, -0.15) is 4.98 Å². The Hall–Kier alpha value is -2.18. The van der Waals surface area contributed by atoms with Gasteiger partial charge in [-0.3, -0.25) is 0 Å². The van der Waals surface area contributed by atoms with Crippen molar-refractivity contribution in [3.63, 3.8) is 0 Å². The van der Waals surface area contributed by atoms with Crippen molar-refractivity contribution in [3.05, 3.63) is 24.1 Å². The third-order valence-electron chi connectivity index (χ3n) is 2.15. The van der Waals surface area contributed by atoms with E-state index in [9.17, 15) is 0 Å². The van der Waals surface area contributed by atoms with Crippen LogP contribution >= 0.6 is 0 Å². The monoisotopic (exact) mass is 234 g/mol. The lowest BCUT2D eigenvalue weighted by molar-refractivity contribution is 0.379. The summed E-state index contributed by atoms with van der Waals surface area (Å²) in [5, 5.41) is 9.70. The Labute approximate surface area is 98.7 Å². The Morgan fingerprint density at radius 2 is 2.12 bits per heavy atom. The number of hydrogen-bond acceptors (Lipinski definition) is 7. The van der Waals surface area contributed by atoms with Crippen molar-refractivity contribution in [1.29, 1.82) is 0 Å². The van der Waals surface area contributed by atoms with E-state index in [0.29, 0.717) is 18.9 Å². The highest BCUT2D eigenvalue weighted by atomic mass is 16.5. The smallest absolute Gasteiger partial charge is 0.228 e. The van der Waals surface area contributed by atoms with E-state index in [1.54, 1.807) is 0 Å². The van der Waals surface area contributed by atoms with Crippen molar-refractivity contribution in [1.82, 2.24) is 20.1 Å². The SMILES string of the molecule is CNc1cc(NCCc2ncno2)nc(C)n1. The van der Waals surface area contributed by atoms with E-state index in [1.807, 2.05) is 20.0 Å². The Morgan fingerprint density at radius 1 is 1.29 bits per heavy atom. The molecular formula is C10H14N6O. The summed E-state index contributed by atoms with van der Waals surface area (Å²) in [5.41, 5.74) is 0. The molecule has 0 fully saturated rings. The van der Waals surface area contributed by atoms with E-state index < -0.39 is 0 Å². The van der Waals surface area contributed by atoms with Crippen LogP contribution in [0.3, 0.4) is 0 Å². The minimum Gasteiger partial charge on any atom is -0.373 e. The molecule has 0 unspecified atom stereocenters. The van der Waals surface area contributed by atoms with Crippen LogP contribution in [0.4, 0.5) is 11.6 Å². The standard InChI is InChI=1S/C10H14N6O/c1-7-15-8(11-2)5-9(16-7)12-4-3-10-13-6-14-17-10/h5-6H,3-4H2,1-2H3,(H2,11,12,15,16). The molecule has 0 aromatic carbocycles. The van der Waals surface area contributed by atoms with Gasteiger partial charge < -0.3 is 15.2 Å². The van der Waals surface area contributed by atoms with Crippen molar-refractivity contribution in [3.8, 4) is 0 Å². The second-order valence-electron chi connectivity index (χ2n) is 3.45. The van der Waals surface area contributed by atoms with Gasteiger partial charge in [0.15, 0.2) is 6.33 Å². The van der Waals surface area contributed by atoms with Crippen molar-refractivity contribution >= 4 is 11.6 Å². The van der Waals surface area contributed by atoms with Gasteiger partial charge in [-0.05, 0) is 6.92 Å². The van der Waals surface area contributed by atoms with E-state index in [1.165, 1.54) is 6.33 Å². The maximum Gasteiger partial charge on any atom is 0.228 e. The molecule has 2 heterocycles. The molecule has 0 aliphatic heterocycles. The van der Waals surface area contributed by atoms with E-state index >= 15 is 0 Å². The number of nitrogens with one attached hydrogen (secondary N) is 2. The van der Waals surface area contributed by atoms with E-state index in [2.05, 4.69) is 30.7 Å². The molecule has 0 atom stereocenters. The van der Waals surface area contributed by atoms with E-state index in [4.69, 9.17) is 4.52 Å². The maximum absolute atomic E-state index is 4.89. The summed E-state index contributed by atoms with van der Waals surface area (Å²) >= 11 is 0. The molecule has 0 saturated heterocycles. The first-order valence-corrected chi connectivity index (χ1v) is 5.31. The Morgan fingerprint density at radius 3 is 2.82 bits per heavy atom. The van der Waals surface area contributed by atoms with Crippen LogP contribution in [0.2, 0.25) is 0 Å². The minimum absolute atomic E-state index is 0.608. The molecule has 0 aliphatic carbocycles. The Bertz CT molecular complexity index is 470. The summed E-state index contributed by atoms with van der Waals surface area (Å²) in [6, 6.07) is 1.85. The zero-order chi connectivity index (χ0) is 12.1. The van der Waals surface area contributed by atoms with Crippen molar-refractivity contribution in [2.45, 2.75) is 13.3 Å². The van der Waals surface area contributed by atoms with Crippen molar-refractivity contribution in [2.75, 3.05) is 24.2 Å². The molecule has 0 spiro atoms. The summed E-state index contributed by atoms with van der Waals surface area (Å²) in [6.07, 6.45) is 2.06. The first kappa shape index (κ1) is 11.3. The van der Waals surface area contributed by atoms with Crippen LogP contribution in [0.5, 0.6) is 0 Å². The molecule has 0 saturated carbocycles. The van der Waals surface area contributed by atoms with Gasteiger partial charge in [0.1, 0.15) is 17.5 Å². The Kier molecular flexibility index (Phi) is 3.49. The molecule has 90 valence electrons. The number of aryl methyl sites for hydroxylation is 1. The largest absolute Gasteiger partial charge is 0.373 e. The highest BCUT2D eigenvalue weighted by Gasteiger charge is 2.02. The first-order chi connectivity index (χ1) is 8.28. The fourth-order valence-corrected chi connectivity index (χ4v) is 1.39. The minimum atomic E-state index is 0.608. The Balaban J connectivity index is 1.92. The van der Waals surface area contributed by atoms with Crippen LogP contribution in [-0.4, -0.2) is 33.7 Å². The molecule has 0 radical (unpaired) electrons. The second-order valence-corrected chi connectivity index (χ2v) is 3.45. The lowest BCUT2D eigenvalue weighted by Crippen LogP contribution is -2.08. The van der Waals surface area contributed by atoms with Crippen LogP contribution in [0.25, 0.3) is 0 Å². The molecule has 2 N–H and O–H groups in total. The lowest BCUT2D eigenvalue weighted by atomic mass is 10.4. The number of hydrogen-bond donors (Lipinski definition) is 2. The number of nitrogens with zero attached hydrogens (tertiary/aromatic N) is 4. The topological polar surface area (TPSA) is 88.8 Å². The third-order valence-corrected chi connectivity index (χ3v) is 2.15. The molecule has 7 nitrogen and oxygen atoms in total. The van der Waals surface area contributed by atoms with Crippen LogP contribution < -0.4 is 10.6 Å². The molecule has 0 aliphatic rings. The van der Waals surface area contributed by atoms with Gasteiger partial charge in [-0.1, -0.05) is 5.16 Å². The zero-order valence-electron chi connectivity index (χ0n) is 9.77. The van der Waals surface area contributed by atoms with Gasteiger partial charge in [0.2, 0.25) is 5.89 Å². The van der Waals surface area contributed by atoms with Crippen LogP contribution in [-0.2, 0) is 6.42 Å². The molecule has 2 aromatic rings. The molecule has 7 heteroatoms. The molecular weight excluding hydrogens is 220 g/mol. The highest BCUT2D eigenvalue weighted by molar-refractivity contribution is 5.47. The average molecular weight is 234 g/mol. The molecule has 0 bridgehead atoms. The van der Waals surface area contributed by atoms with Gasteiger partial charge in [0.05, 0.1) is 0 Å². The fourth-order valence-electron chi connectivity index (χ4n) is 1.39. The number of rotatable bonds is 5. The summed E-state index contributed by atoms with van der Waals surface area (Å²) in [6.45, 7) is 2.53. The van der Waals surface area contributed by atoms with Crippen LogP contribution in [0.1, 0.15) is 11.7 Å². The summed E-state index contributed by atoms with van der Waals surface area (Å²) < 4.78 is 4.89. The van der Waals surface area contributed by atoms with E-state index in [-0.39, 0.29) is 0 Å². The van der Waals surface area contributed by atoms with Crippen molar-refractivity contribution < 1.29 is 4.52 Å². The van der Waals surface area contributed by atoms with E-state index in [0.717, 1.165) is 17.5 Å². The predicted molar refractivity (Wildman–Crippen MR) is 62.8 cm³/mol.